The Morgan fingerprint density at radius 2 is 2.33 bits per heavy atom. The highest BCUT2D eigenvalue weighted by molar-refractivity contribution is 9.10. The molecule has 0 aromatic heterocycles. The molecule has 2 N–H and O–H groups in total. The zero-order valence-electron chi connectivity index (χ0n) is 12.1. The van der Waals surface area contributed by atoms with Crippen LogP contribution in [-0.2, 0) is 9.53 Å². The van der Waals surface area contributed by atoms with Gasteiger partial charge in [0.05, 0.1) is 19.2 Å². The summed E-state index contributed by atoms with van der Waals surface area (Å²) in [7, 11) is 0. The van der Waals surface area contributed by atoms with Gasteiger partial charge in [-0.3, -0.25) is 4.79 Å². The molecule has 1 aromatic rings. The minimum absolute atomic E-state index is 0.0319. The topological polar surface area (TPSA) is 55.6 Å². The molecule has 2 rings (SSSR count). The van der Waals surface area contributed by atoms with Crippen LogP contribution in [0, 0.1) is 0 Å². The minimum Gasteiger partial charge on any atom is -0.370 e. The zero-order valence-corrected chi connectivity index (χ0v) is 14.5. The molecule has 0 aliphatic carbocycles. The lowest BCUT2D eigenvalue weighted by molar-refractivity contribution is -0.140. The Kier molecular flexibility index (Phi) is 6.54. The van der Waals surface area contributed by atoms with Crippen molar-refractivity contribution in [3.8, 4) is 0 Å². The molecule has 1 fully saturated rings. The molecular formula is C15H21BrN2O2S. The van der Waals surface area contributed by atoms with Crippen molar-refractivity contribution >= 4 is 33.6 Å². The monoisotopic (exact) mass is 372 g/mol. The van der Waals surface area contributed by atoms with Gasteiger partial charge in [0.25, 0.3) is 0 Å². The second-order valence-corrected chi connectivity index (χ2v) is 6.89. The highest BCUT2D eigenvalue weighted by atomic mass is 79.9. The number of hydrogen-bond donors (Lipinski definition) is 1. The lowest BCUT2D eigenvalue weighted by Gasteiger charge is -2.35. The fourth-order valence-corrected chi connectivity index (χ4v) is 3.41. The lowest BCUT2D eigenvalue weighted by Crippen LogP contribution is -2.49. The van der Waals surface area contributed by atoms with E-state index in [1.807, 2.05) is 35.4 Å². The van der Waals surface area contributed by atoms with Crippen molar-refractivity contribution in [3.63, 3.8) is 0 Å². The summed E-state index contributed by atoms with van der Waals surface area (Å²) in [5.41, 5.74) is 7.07. The number of morpholine rings is 1. The molecule has 21 heavy (non-hydrogen) atoms. The van der Waals surface area contributed by atoms with Gasteiger partial charge in [-0.1, -0.05) is 34.1 Å². The van der Waals surface area contributed by atoms with Gasteiger partial charge in [0.2, 0.25) is 5.91 Å². The van der Waals surface area contributed by atoms with Crippen LogP contribution in [0.25, 0.3) is 0 Å². The average molecular weight is 373 g/mol. The van der Waals surface area contributed by atoms with E-state index in [4.69, 9.17) is 10.5 Å². The van der Waals surface area contributed by atoms with E-state index in [9.17, 15) is 4.79 Å². The quantitative estimate of drug-likeness (QED) is 0.862. The van der Waals surface area contributed by atoms with E-state index < -0.39 is 6.04 Å². The highest BCUT2D eigenvalue weighted by Crippen LogP contribution is 2.28. The van der Waals surface area contributed by atoms with Crippen LogP contribution in [0.4, 0.5) is 0 Å². The number of carbonyl (C=O) groups excluding carboxylic acids is 1. The zero-order chi connectivity index (χ0) is 15.2. The highest BCUT2D eigenvalue weighted by Gasteiger charge is 2.28. The molecule has 1 heterocycles. The first-order valence-corrected chi connectivity index (χ1v) is 9.21. The molecule has 0 unspecified atom stereocenters. The minimum atomic E-state index is -0.407. The van der Waals surface area contributed by atoms with Crippen LogP contribution in [0.1, 0.15) is 18.1 Å². The Morgan fingerprint density at radius 1 is 1.57 bits per heavy atom. The Hall–Kier alpha value is -0.560. The second-order valence-electron chi connectivity index (χ2n) is 5.05. The van der Waals surface area contributed by atoms with E-state index in [0.29, 0.717) is 19.7 Å². The van der Waals surface area contributed by atoms with Gasteiger partial charge in [-0.05, 0) is 30.1 Å². The van der Waals surface area contributed by atoms with E-state index in [2.05, 4.69) is 15.9 Å². The van der Waals surface area contributed by atoms with Gasteiger partial charge < -0.3 is 15.4 Å². The Bertz CT molecular complexity index is 486. The summed E-state index contributed by atoms with van der Waals surface area (Å²) in [6.07, 6.45) is 2.65. The van der Waals surface area contributed by atoms with Crippen LogP contribution >= 0.6 is 27.7 Å². The Balaban J connectivity index is 2.00. The third-order valence-corrected chi connectivity index (χ3v) is 4.95. The maximum absolute atomic E-state index is 12.4. The third-order valence-electron chi connectivity index (χ3n) is 3.58. The predicted octanol–water partition coefficient (Wildman–Crippen LogP) is 2.43. The summed E-state index contributed by atoms with van der Waals surface area (Å²) in [5.74, 6) is 0.940. The number of halogens is 1. The van der Waals surface area contributed by atoms with Crippen LogP contribution < -0.4 is 5.73 Å². The summed E-state index contributed by atoms with van der Waals surface area (Å²) in [5, 5.41) is 0. The number of ether oxygens (including phenoxy) is 1. The van der Waals surface area contributed by atoms with E-state index >= 15 is 0 Å². The molecule has 1 amide bonds. The molecule has 0 saturated carbocycles. The van der Waals surface area contributed by atoms with Crippen molar-refractivity contribution in [1.82, 2.24) is 4.90 Å². The third kappa shape index (κ3) is 4.45. The van der Waals surface area contributed by atoms with Crippen LogP contribution in [0.5, 0.6) is 0 Å². The number of nitrogens with two attached hydrogens (primary N) is 1. The number of thioether (sulfide) groups is 1. The van der Waals surface area contributed by atoms with Crippen LogP contribution in [0.2, 0.25) is 0 Å². The maximum atomic E-state index is 12.4. The molecular weight excluding hydrogens is 352 g/mol. The molecule has 1 aromatic carbocycles. The first-order valence-electron chi connectivity index (χ1n) is 7.02. The van der Waals surface area contributed by atoms with E-state index in [-0.39, 0.29) is 12.0 Å². The van der Waals surface area contributed by atoms with Crippen LogP contribution in [0.15, 0.2) is 28.7 Å². The van der Waals surface area contributed by atoms with Gasteiger partial charge in [0, 0.05) is 11.0 Å². The summed E-state index contributed by atoms with van der Waals surface area (Å²) in [6.45, 7) is 1.73. The molecule has 1 saturated heterocycles. The fourth-order valence-electron chi connectivity index (χ4n) is 2.38. The summed E-state index contributed by atoms with van der Waals surface area (Å²) < 4.78 is 6.83. The van der Waals surface area contributed by atoms with Crippen molar-refractivity contribution in [2.45, 2.75) is 18.6 Å². The van der Waals surface area contributed by atoms with Crippen molar-refractivity contribution in [2.75, 3.05) is 31.7 Å². The summed E-state index contributed by atoms with van der Waals surface area (Å²) >= 11 is 5.25. The van der Waals surface area contributed by atoms with Gasteiger partial charge >= 0.3 is 0 Å². The molecule has 6 heteroatoms. The molecule has 0 spiro atoms. The summed E-state index contributed by atoms with van der Waals surface area (Å²) in [4.78, 5) is 14.2. The number of benzene rings is 1. The SMILES string of the molecule is CSCC[C@@H](N)C(=O)N1CCO[C@H](c2ccccc2Br)C1. The molecule has 116 valence electrons. The van der Waals surface area contributed by atoms with Gasteiger partial charge in [-0.2, -0.15) is 11.8 Å². The number of hydrogen-bond acceptors (Lipinski definition) is 4. The maximum Gasteiger partial charge on any atom is 0.239 e. The van der Waals surface area contributed by atoms with Crippen molar-refractivity contribution in [3.05, 3.63) is 34.3 Å². The van der Waals surface area contributed by atoms with Crippen LogP contribution in [-0.4, -0.2) is 48.6 Å². The normalized spacial score (nSPS) is 20.3. The molecule has 0 bridgehead atoms. The number of carbonyl (C=O) groups is 1. The van der Waals surface area contributed by atoms with Gasteiger partial charge in [-0.25, -0.2) is 0 Å². The number of rotatable bonds is 5. The number of nitrogens with zero attached hydrogens (tertiary/aromatic N) is 1. The van der Waals surface area contributed by atoms with Gasteiger partial charge in [-0.15, -0.1) is 0 Å². The standard InChI is InChI=1S/C15H21BrN2O2S/c1-21-9-6-13(17)15(19)18-7-8-20-14(10-18)11-4-2-3-5-12(11)16/h2-5,13-14H,6-10,17H2,1H3/t13-,14+/m1/s1. The molecule has 4 nitrogen and oxygen atoms in total. The first kappa shape index (κ1) is 16.8. The Labute approximate surface area is 138 Å². The molecule has 0 radical (unpaired) electrons. The van der Waals surface area contributed by atoms with Crippen molar-refractivity contribution in [2.24, 2.45) is 5.73 Å². The van der Waals surface area contributed by atoms with E-state index in [1.54, 1.807) is 11.8 Å². The predicted molar refractivity (Wildman–Crippen MR) is 90.4 cm³/mol. The summed E-state index contributed by atoms with van der Waals surface area (Å²) in [6, 6.07) is 7.56. The van der Waals surface area contributed by atoms with Gasteiger partial charge in [0.1, 0.15) is 6.10 Å². The molecule has 1 aliphatic rings. The van der Waals surface area contributed by atoms with Gasteiger partial charge in [0.15, 0.2) is 0 Å². The first-order chi connectivity index (χ1) is 10.1. The van der Waals surface area contributed by atoms with Crippen LogP contribution in [0.3, 0.4) is 0 Å². The van der Waals surface area contributed by atoms with E-state index in [1.165, 1.54) is 0 Å². The Morgan fingerprint density at radius 3 is 3.05 bits per heavy atom. The molecule has 1 aliphatic heterocycles. The van der Waals surface area contributed by atoms with Crippen molar-refractivity contribution < 1.29 is 9.53 Å². The number of amides is 1. The largest absolute Gasteiger partial charge is 0.370 e. The molecule has 2 atom stereocenters. The van der Waals surface area contributed by atoms with Crippen molar-refractivity contribution in [1.29, 1.82) is 0 Å². The smallest absolute Gasteiger partial charge is 0.239 e. The second kappa shape index (κ2) is 8.17. The fraction of sp³-hybridized carbons (Fsp3) is 0.533. The lowest BCUT2D eigenvalue weighted by atomic mass is 10.1. The van der Waals surface area contributed by atoms with E-state index in [0.717, 1.165) is 22.2 Å². The average Bonchev–Trinajstić information content (AvgIpc) is 2.52.